The third-order valence-corrected chi connectivity index (χ3v) is 10.7. The summed E-state index contributed by atoms with van der Waals surface area (Å²) in [6.07, 6.45) is 9.19. The number of carbonyl (C=O) groups is 1. The smallest absolute Gasteiger partial charge is 0.248 e. The number of fused-ring (bicyclic) bond motifs is 3. The first-order chi connectivity index (χ1) is 19.4. The summed E-state index contributed by atoms with van der Waals surface area (Å²) in [5.41, 5.74) is 4.49. The second kappa shape index (κ2) is 10.9. The summed E-state index contributed by atoms with van der Waals surface area (Å²) in [6.45, 7) is 5.00. The molecule has 1 aliphatic heterocycles. The van der Waals surface area contributed by atoms with E-state index < -0.39 is 5.92 Å². The van der Waals surface area contributed by atoms with Crippen molar-refractivity contribution in [1.29, 1.82) is 0 Å². The van der Waals surface area contributed by atoms with E-state index in [2.05, 4.69) is 55.1 Å². The van der Waals surface area contributed by atoms with Crippen LogP contribution in [0, 0.1) is 11.8 Å². The van der Waals surface area contributed by atoms with Gasteiger partial charge in [-0.15, -0.1) is 0 Å². The first kappa shape index (κ1) is 27.5. The maximum Gasteiger partial charge on any atom is 0.248 e. The largest absolute Gasteiger partial charge is 0.464 e. The number of furan rings is 1. The van der Waals surface area contributed by atoms with Crippen LogP contribution in [0.2, 0.25) is 0 Å². The topological polar surface area (TPSA) is 33.5 Å². The first-order valence-corrected chi connectivity index (χ1v) is 15.6. The van der Waals surface area contributed by atoms with Gasteiger partial charge >= 0.3 is 0 Å². The number of amides is 1. The molecule has 0 bridgehead atoms. The third kappa shape index (κ3) is 4.77. The van der Waals surface area contributed by atoms with Crippen LogP contribution in [0.15, 0.2) is 59.2 Å². The average Bonchev–Trinajstić information content (AvgIpc) is 3.47. The minimum atomic E-state index is -2.64. The summed E-state index contributed by atoms with van der Waals surface area (Å²) in [4.78, 5) is 16.9. The molecule has 3 aromatic rings. The van der Waals surface area contributed by atoms with Gasteiger partial charge in [0.15, 0.2) is 0 Å². The highest BCUT2D eigenvalue weighted by Gasteiger charge is 2.50. The van der Waals surface area contributed by atoms with E-state index in [1.165, 1.54) is 16.7 Å². The molecular formula is C35H43F2NO2. The molecule has 0 spiro atoms. The van der Waals surface area contributed by atoms with Gasteiger partial charge in [0.05, 0.1) is 6.26 Å². The first-order valence-electron chi connectivity index (χ1n) is 15.6. The number of aryl methyl sites for hydroxylation is 1. The number of alkyl halides is 2. The molecule has 214 valence electrons. The number of halogens is 2. The molecule has 2 aliphatic carbocycles. The Morgan fingerprint density at radius 2 is 1.88 bits per heavy atom. The Kier molecular flexibility index (Phi) is 7.52. The fourth-order valence-corrected chi connectivity index (χ4v) is 8.78. The van der Waals surface area contributed by atoms with Crippen LogP contribution in [0.4, 0.5) is 8.78 Å². The Bertz CT molecular complexity index is 1330. The van der Waals surface area contributed by atoms with Gasteiger partial charge in [0.2, 0.25) is 11.8 Å². The standard InChI is InChI=1S/C35H43F2NO2/c1-3-29(34(4-2)18-9-13-28-30(34)15-14-25-17-21-40-32(25)28)33(39)38-20-16-26(24-10-6-5-7-11-24)22-31(38)27-12-8-19-35(36,37)23-27/h5-7,10-11,14-15,17,21,26-27,29,31H,3-4,8-9,12-13,16,18-20,22-23H2,1-2H3/t26-,27?,29+,31+,34+/m1/s1. The van der Waals surface area contributed by atoms with Crippen LogP contribution >= 0.6 is 0 Å². The SMILES string of the molecule is CC[C@@H](C(=O)N1CC[C@@H](c2ccccc2)C[C@H]1C1CCCC(F)(F)C1)[C@]1(CC)CCCc2c1ccc1ccoc21. The quantitative estimate of drug-likeness (QED) is 0.308. The van der Waals surface area contributed by atoms with E-state index >= 15 is 0 Å². The average molecular weight is 548 g/mol. The van der Waals surface area contributed by atoms with E-state index in [1.54, 1.807) is 6.26 Å². The summed E-state index contributed by atoms with van der Waals surface area (Å²) in [5, 5.41) is 1.12. The normalized spacial score (nSPS) is 29.2. The van der Waals surface area contributed by atoms with Crippen LogP contribution in [0.5, 0.6) is 0 Å². The van der Waals surface area contributed by atoms with Gasteiger partial charge in [-0.05, 0) is 92.4 Å². The summed E-state index contributed by atoms with van der Waals surface area (Å²) in [5.74, 6) is -2.49. The van der Waals surface area contributed by atoms with E-state index in [9.17, 15) is 13.6 Å². The lowest BCUT2D eigenvalue weighted by Gasteiger charge is -2.50. The molecule has 2 aromatic carbocycles. The third-order valence-electron chi connectivity index (χ3n) is 10.7. The number of benzene rings is 2. The van der Waals surface area contributed by atoms with Crippen LogP contribution in [-0.4, -0.2) is 29.3 Å². The number of rotatable bonds is 6. The summed E-state index contributed by atoms with van der Waals surface area (Å²) in [7, 11) is 0. The van der Waals surface area contributed by atoms with Gasteiger partial charge in [0.1, 0.15) is 5.58 Å². The van der Waals surface area contributed by atoms with Crippen molar-refractivity contribution in [3.8, 4) is 0 Å². The Morgan fingerprint density at radius 3 is 2.62 bits per heavy atom. The second-order valence-electron chi connectivity index (χ2n) is 12.7. The zero-order chi connectivity index (χ0) is 27.9. The van der Waals surface area contributed by atoms with Crippen LogP contribution in [0.3, 0.4) is 0 Å². The number of hydrogen-bond donors (Lipinski definition) is 0. The van der Waals surface area contributed by atoms with Gasteiger partial charge in [-0.1, -0.05) is 56.3 Å². The number of nitrogens with zero attached hydrogens (tertiary/aromatic N) is 1. The van der Waals surface area contributed by atoms with Gasteiger partial charge in [-0.25, -0.2) is 8.78 Å². The fraction of sp³-hybridized carbons (Fsp3) is 0.571. The van der Waals surface area contributed by atoms with Crippen molar-refractivity contribution in [2.75, 3.05) is 6.54 Å². The molecule has 1 unspecified atom stereocenters. The molecule has 2 heterocycles. The predicted octanol–water partition coefficient (Wildman–Crippen LogP) is 9.04. The number of carbonyl (C=O) groups excluding carboxylic acids is 1. The van der Waals surface area contributed by atoms with Crippen molar-refractivity contribution in [1.82, 2.24) is 4.90 Å². The highest BCUT2D eigenvalue weighted by Crippen LogP contribution is 2.51. The highest BCUT2D eigenvalue weighted by atomic mass is 19.3. The molecule has 1 aromatic heterocycles. The highest BCUT2D eigenvalue weighted by molar-refractivity contribution is 5.85. The van der Waals surface area contributed by atoms with Crippen LogP contribution in [-0.2, 0) is 16.6 Å². The van der Waals surface area contributed by atoms with E-state index in [0.717, 1.165) is 62.3 Å². The number of hydrogen-bond acceptors (Lipinski definition) is 2. The molecule has 1 amide bonds. The van der Waals surface area contributed by atoms with E-state index in [-0.39, 0.29) is 42.0 Å². The number of piperidine rings is 1. The lowest BCUT2D eigenvalue weighted by molar-refractivity contribution is -0.147. The minimum absolute atomic E-state index is 0.0269. The monoisotopic (exact) mass is 547 g/mol. The van der Waals surface area contributed by atoms with E-state index in [0.29, 0.717) is 18.9 Å². The molecule has 5 heteroatoms. The van der Waals surface area contributed by atoms with Crippen molar-refractivity contribution in [3.63, 3.8) is 0 Å². The lowest BCUT2D eigenvalue weighted by atomic mass is 9.60. The zero-order valence-corrected chi connectivity index (χ0v) is 24.0. The van der Waals surface area contributed by atoms with Crippen molar-refractivity contribution in [2.45, 2.75) is 108 Å². The maximum absolute atomic E-state index is 14.8. The minimum Gasteiger partial charge on any atom is -0.464 e. The zero-order valence-electron chi connectivity index (χ0n) is 24.0. The number of likely N-dealkylation sites (tertiary alicyclic amines) is 1. The van der Waals surface area contributed by atoms with E-state index in [1.807, 2.05) is 12.1 Å². The van der Waals surface area contributed by atoms with Crippen LogP contribution in [0.25, 0.3) is 11.0 Å². The summed E-state index contributed by atoms with van der Waals surface area (Å²) >= 11 is 0. The fourth-order valence-electron chi connectivity index (χ4n) is 8.78. The Hall–Kier alpha value is -2.69. The van der Waals surface area contributed by atoms with Gasteiger partial charge in [0, 0.05) is 42.1 Å². The van der Waals surface area contributed by atoms with Crippen molar-refractivity contribution < 1.29 is 18.0 Å². The molecule has 2 fully saturated rings. The van der Waals surface area contributed by atoms with Crippen LogP contribution < -0.4 is 0 Å². The van der Waals surface area contributed by atoms with E-state index in [4.69, 9.17) is 4.42 Å². The van der Waals surface area contributed by atoms with Crippen molar-refractivity contribution in [2.24, 2.45) is 11.8 Å². The molecule has 1 saturated heterocycles. The van der Waals surface area contributed by atoms with Crippen molar-refractivity contribution in [3.05, 3.63) is 71.5 Å². The summed E-state index contributed by atoms with van der Waals surface area (Å²) in [6, 6.07) is 16.7. The lowest BCUT2D eigenvalue weighted by Crippen LogP contribution is -2.56. The molecular weight excluding hydrogens is 504 g/mol. The molecule has 3 aliphatic rings. The molecule has 1 saturated carbocycles. The van der Waals surface area contributed by atoms with Gasteiger partial charge < -0.3 is 9.32 Å². The van der Waals surface area contributed by atoms with Crippen LogP contribution in [0.1, 0.15) is 101 Å². The Morgan fingerprint density at radius 1 is 1.05 bits per heavy atom. The molecule has 0 radical (unpaired) electrons. The molecule has 0 N–H and O–H groups in total. The maximum atomic E-state index is 14.8. The van der Waals surface area contributed by atoms with Gasteiger partial charge in [-0.2, -0.15) is 0 Å². The van der Waals surface area contributed by atoms with Crippen molar-refractivity contribution >= 4 is 16.9 Å². The Labute approximate surface area is 237 Å². The Balaban J connectivity index is 1.36. The van der Waals surface area contributed by atoms with Gasteiger partial charge in [-0.3, -0.25) is 4.79 Å². The molecule has 3 nitrogen and oxygen atoms in total. The molecule has 5 atom stereocenters. The molecule has 6 rings (SSSR count). The second-order valence-corrected chi connectivity index (χ2v) is 12.7. The molecule has 40 heavy (non-hydrogen) atoms. The summed E-state index contributed by atoms with van der Waals surface area (Å²) < 4.78 is 35.4. The predicted molar refractivity (Wildman–Crippen MR) is 156 cm³/mol. The van der Waals surface area contributed by atoms with Gasteiger partial charge in [0.25, 0.3) is 0 Å².